The molecule has 1 N–H and O–H groups in total. The lowest BCUT2D eigenvalue weighted by Crippen LogP contribution is -2.23. The van der Waals surface area contributed by atoms with Crippen LogP contribution in [0.3, 0.4) is 0 Å². The topological polar surface area (TPSA) is 51.2 Å². The number of amides is 1. The third-order valence-corrected chi connectivity index (χ3v) is 3.16. The van der Waals surface area contributed by atoms with Crippen LogP contribution >= 0.6 is 0 Å². The molecule has 4 nitrogen and oxygen atoms in total. The molecule has 0 atom stereocenters. The average Bonchev–Trinajstić information content (AvgIpc) is 2.54. The number of rotatable bonds is 7. The first-order valence-corrected chi connectivity index (χ1v) is 7.27. The summed E-state index contributed by atoms with van der Waals surface area (Å²) >= 11 is 0. The molecule has 1 aromatic heterocycles. The molecule has 0 fully saturated rings. The van der Waals surface area contributed by atoms with Crippen LogP contribution in [0.1, 0.15) is 24.5 Å². The number of nitrogens with one attached hydrogen (secondary N) is 1. The van der Waals surface area contributed by atoms with E-state index in [0.717, 1.165) is 11.1 Å². The van der Waals surface area contributed by atoms with Crippen LogP contribution in [0.2, 0.25) is 0 Å². The maximum absolute atomic E-state index is 12.8. The van der Waals surface area contributed by atoms with E-state index in [1.165, 1.54) is 12.1 Å². The predicted molar refractivity (Wildman–Crippen MR) is 82.0 cm³/mol. The van der Waals surface area contributed by atoms with E-state index in [9.17, 15) is 9.18 Å². The number of aromatic nitrogens is 1. The highest BCUT2D eigenvalue weighted by atomic mass is 19.1. The Morgan fingerprint density at radius 3 is 2.77 bits per heavy atom. The van der Waals surface area contributed by atoms with Crippen molar-refractivity contribution in [3.63, 3.8) is 0 Å². The van der Waals surface area contributed by atoms with Crippen molar-refractivity contribution in [3.8, 4) is 5.88 Å². The average molecular weight is 302 g/mol. The smallest absolute Gasteiger partial charge is 0.220 e. The Morgan fingerprint density at radius 2 is 2.05 bits per heavy atom. The van der Waals surface area contributed by atoms with Crippen LogP contribution in [0.5, 0.6) is 5.88 Å². The molecule has 0 bridgehead atoms. The summed E-state index contributed by atoms with van der Waals surface area (Å²) in [6.45, 7) is 2.80. The molecule has 0 saturated heterocycles. The number of halogens is 1. The van der Waals surface area contributed by atoms with Crippen LogP contribution in [0.4, 0.5) is 4.39 Å². The molecule has 0 unspecified atom stereocenters. The Labute approximate surface area is 129 Å². The normalized spacial score (nSPS) is 10.3. The Bertz CT molecular complexity index is 614. The van der Waals surface area contributed by atoms with Gasteiger partial charge >= 0.3 is 0 Å². The first-order chi connectivity index (χ1) is 10.7. The number of hydrogen-bond donors (Lipinski definition) is 1. The van der Waals surface area contributed by atoms with E-state index < -0.39 is 0 Å². The predicted octanol–water partition coefficient (Wildman–Crippen LogP) is 2.87. The molecule has 5 heteroatoms. The van der Waals surface area contributed by atoms with E-state index in [1.807, 2.05) is 19.1 Å². The molecule has 0 aliphatic heterocycles. The molecule has 0 aliphatic rings. The zero-order valence-corrected chi connectivity index (χ0v) is 12.5. The van der Waals surface area contributed by atoms with Crippen molar-refractivity contribution >= 4 is 5.91 Å². The van der Waals surface area contributed by atoms with Gasteiger partial charge in [-0.15, -0.1) is 0 Å². The standard InChI is InChI=1S/C17H19FN2O2/c1-2-22-17-14(4-3-11-19-17)12-20-16(21)10-7-13-5-8-15(18)9-6-13/h3-6,8-9,11H,2,7,10,12H2,1H3,(H,20,21). The van der Waals surface area contributed by atoms with Gasteiger partial charge in [0.25, 0.3) is 0 Å². The lowest BCUT2D eigenvalue weighted by atomic mass is 10.1. The van der Waals surface area contributed by atoms with E-state index in [4.69, 9.17) is 4.74 Å². The van der Waals surface area contributed by atoms with Gasteiger partial charge in [-0.25, -0.2) is 9.37 Å². The van der Waals surface area contributed by atoms with Crippen molar-refractivity contribution in [2.75, 3.05) is 6.61 Å². The number of aryl methyl sites for hydroxylation is 1. The number of hydrogen-bond acceptors (Lipinski definition) is 3. The summed E-state index contributed by atoms with van der Waals surface area (Å²) in [5.41, 5.74) is 1.78. The second kappa shape index (κ2) is 8.12. The van der Waals surface area contributed by atoms with Crippen LogP contribution in [0.15, 0.2) is 42.6 Å². The lowest BCUT2D eigenvalue weighted by Gasteiger charge is -2.09. The van der Waals surface area contributed by atoms with Crippen molar-refractivity contribution in [2.24, 2.45) is 0 Å². The van der Waals surface area contributed by atoms with E-state index >= 15 is 0 Å². The van der Waals surface area contributed by atoms with Crippen molar-refractivity contribution < 1.29 is 13.9 Å². The number of carbonyl (C=O) groups excluding carboxylic acids is 1. The molecular formula is C17H19FN2O2. The minimum absolute atomic E-state index is 0.0596. The Hall–Kier alpha value is -2.43. The monoisotopic (exact) mass is 302 g/mol. The van der Waals surface area contributed by atoms with E-state index in [0.29, 0.717) is 31.9 Å². The maximum Gasteiger partial charge on any atom is 0.220 e. The zero-order chi connectivity index (χ0) is 15.8. The van der Waals surface area contributed by atoms with Crippen LogP contribution in [-0.4, -0.2) is 17.5 Å². The van der Waals surface area contributed by atoms with Gasteiger partial charge in [0.1, 0.15) is 5.82 Å². The fourth-order valence-electron chi connectivity index (χ4n) is 2.02. The summed E-state index contributed by atoms with van der Waals surface area (Å²) in [4.78, 5) is 16.0. The molecule has 116 valence electrons. The van der Waals surface area contributed by atoms with Gasteiger partial charge in [0, 0.05) is 24.7 Å². The Kier molecular flexibility index (Phi) is 5.89. The summed E-state index contributed by atoms with van der Waals surface area (Å²) < 4.78 is 18.2. The summed E-state index contributed by atoms with van der Waals surface area (Å²) in [6.07, 6.45) is 2.60. The van der Waals surface area contributed by atoms with Crippen LogP contribution in [0.25, 0.3) is 0 Å². The molecule has 0 saturated carbocycles. The van der Waals surface area contributed by atoms with Gasteiger partial charge in [-0.05, 0) is 37.1 Å². The fourth-order valence-corrected chi connectivity index (χ4v) is 2.02. The van der Waals surface area contributed by atoms with Crippen molar-refractivity contribution in [3.05, 3.63) is 59.5 Å². The SMILES string of the molecule is CCOc1ncccc1CNC(=O)CCc1ccc(F)cc1. The molecule has 1 aromatic carbocycles. The number of nitrogens with zero attached hydrogens (tertiary/aromatic N) is 1. The molecular weight excluding hydrogens is 283 g/mol. The Morgan fingerprint density at radius 1 is 1.27 bits per heavy atom. The van der Waals surface area contributed by atoms with Gasteiger partial charge in [-0.2, -0.15) is 0 Å². The van der Waals surface area contributed by atoms with Crippen molar-refractivity contribution in [1.29, 1.82) is 0 Å². The first kappa shape index (κ1) is 15.9. The maximum atomic E-state index is 12.8. The number of carbonyl (C=O) groups is 1. The highest BCUT2D eigenvalue weighted by Crippen LogP contribution is 2.14. The molecule has 22 heavy (non-hydrogen) atoms. The molecule has 1 amide bonds. The van der Waals surface area contributed by atoms with Crippen molar-refractivity contribution in [2.45, 2.75) is 26.3 Å². The van der Waals surface area contributed by atoms with Crippen LogP contribution in [0, 0.1) is 5.82 Å². The highest BCUT2D eigenvalue weighted by molar-refractivity contribution is 5.76. The van der Waals surface area contributed by atoms with Crippen LogP contribution in [-0.2, 0) is 17.8 Å². The van der Waals surface area contributed by atoms with Crippen molar-refractivity contribution in [1.82, 2.24) is 10.3 Å². The molecule has 0 spiro atoms. The molecule has 0 aliphatic carbocycles. The number of benzene rings is 1. The van der Waals surface area contributed by atoms with Gasteiger partial charge in [-0.1, -0.05) is 18.2 Å². The molecule has 0 radical (unpaired) electrons. The fraction of sp³-hybridized carbons (Fsp3) is 0.294. The van der Waals surface area contributed by atoms with E-state index in [-0.39, 0.29) is 11.7 Å². The summed E-state index contributed by atoms with van der Waals surface area (Å²) in [5.74, 6) is 0.215. The number of pyridine rings is 1. The van der Waals surface area contributed by atoms with Gasteiger partial charge in [0.2, 0.25) is 11.8 Å². The number of ether oxygens (including phenoxy) is 1. The first-order valence-electron chi connectivity index (χ1n) is 7.27. The summed E-state index contributed by atoms with van der Waals surface area (Å²) in [6, 6.07) is 9.86. The third kappa shape index (κ3) is 4.84. The lowest BCUT2D eigenvalue weighted by molar-refractivity contribution is -0.121. The molecule has 2 aromatic rings. The van der Waals surface area contributed by atoms with Gasteiger partial charge in [-0.3, -0.25) is 4.79 Å². The van der Waals surface area contributed by atoms with E-state index in [1.54, 1.807) is 18.3 Å². The zero-order valence-electron chi connectivity index (χ0n) is 12.5. The van der Waals surface area contributed by atoms with Gasteiger partial charge in [0.15, 0.2) is 0 Å². The minimum atomic E-state index is -0.270. The quantitative estimate of drug-likeness (QED) is 0.855. The Balaban J connectivity index is 1.81. The molecule has 2 rings (SSSR count). The largest absolute Gasteiger partial charge is 0.478 e. The van der Waals surface area contributed by atoms with Gasteiger partial charge < -0.3 is 10.1 Å². The minimum Gasteiger partial charge on any atom is -0.478 e. The second-order valence-electron chi connectivity index (χ2n) is 4.80. The van der Waals surface area contributed by atoms with E-state index in [2.05, 4.69) is 10.3 Å². The summed E-state index contributed by atoms with van der Waals surface area (Å²) in [7, 11) is 0. The molecule has 1 heterocycles. The second-order valence-corrected chi connectivity index (χ2v) is 4.80. The third-order valence-electron chi connectivity index (χ3n) is 3.16. The van der Waals surface area contributed by atoms with Crippen LogP contribution < -0.4 is 10.1 Å². The van der Waals surface area contributed by atoms with Gasteiger partial charge in [0.05, 0.1) is 6.61 Å². The highest BCUT2D eigenvalue weighted by Gasteiger charge is 2.07. The summed E-state index contributed by atoms with van der Waals surface area (Å²) in [5, 5.41) is 2.85.